The van der Waals surface area contributed by atoms with Gasteiger partial charge in [0.2, 0.25) is 5.91 Å². The monoisotopic (exact) mass is 426 g/mol. The van der Waals surface area contributed by atoms with Crippen LogP contribution in [0.25, 0.3) is 0 Å². The molecule has 2 rings (SSSR count). The molecule has 1 heterocycles. The van der Waals surface area contributed by atoms with E-state index in [0.717, 1.165) is 42.0 Å². The molecule has 1 aliphatic rings. The summed E-state index contributed by atoms with van der Waals surface area (Å²) in [6.45, 7) is 2.96. The van der Waals surface area contributed by atoms with E-state index < -0.39 is 0 Å². The van der Waals surface area contributed by atoms with Crippen LogP contribution >= 0.6 is 15.9 Å². The van der Waals surface area contributed by atoms with Crippen LogP contribution in [-0.2, 0) is 16.1 Å². The van der Waals surface area contributed by atoms with Gasteiger partial charge in [0.05, 0.1) is 26.8 Å². The third kappa shape index (κ3) is 6.49. The number of amides is 1. The fraction of sp³-hybridized carbons (Fsp3) is 0.556. The van der Waals surface area contributed by atoms with Gasteiger partial charge in [0, 0.05) is 43.2 Å². The van der Waals surface area contributed by atoms with Crippen molar-refractivity contribution in [3.8, 4) is 5.75 Å². The summed E-state index contributed by atoms with van der Waals surface area (Å²) in [6, 6.07) is 5.82. The number of likely N-dealkylation sites (N-methyl/N-ethyl adjacent to an activating group) is 1. The Morgan fingerprint density at radius 3 is 2.88 bits per heavy atom. The highest BCUT2D eigenvalue weighted by molar-refractivity contribution is 9.10. The number of ether oxygens (including phenoxy) is 2. The molecule has 1 saturated heterocycles. The molecule has 0 bridgehead atoms. The van der Waals surface area contributed by atoms with E-state index in [-0.39, 0.29) is 12.5 Å². The summed E-state index contributed by atoms with van der Waals surface area (Å²) < 4.78 is 11.8. The smallest absolute Gasteiger partial charge is 0.241 e. The maximum absolute atomic E-state index is 11.9. The minimum atomic E-state index is -0.0104. The van der Waals surface area contributed by atoms with Crippen molar-refractivity contribution >= 4 is 27.8 Å². The van der Waals surface area contributed by atoms with Crippen LogP contribution in [0.5, 0.6) is 5.75 Å². The van der Waals surface area contributed by atoms with E-state index in [1.54, 1.807) is 26.1 Å². The number of hydrogen-bond acceptors (Lipinski definition) is 4. The van der Waals surface area contributed by atoms with Crippen LogP contribution < -0.4 is 15.4 Å². The average Bonchev–Trinajstić information content (AvgIpc) is 3.14. The van der Waals surface area contributed by atoms with Crippen LogP contribution in [0.1, 0.15) is 12.0 Å². The van der Waals surface area contributed by atoms with Crippen molar-refractivity contribution in [3.63, 3.8) is 0 Å². The van der Waals surface area contributed by atoms with Crippen molar-refractivity contribution in [2.75, 3.05) is 47.5 Å². The van der Waals surface area contributed by atoms with Gasteiger partial charge in [-0.2, -0.15) is 0 Å². The number of aliphatic imine (C=N–C) groups is 1. The first-order valence-corrected chi connectivity index (χ1v) is 9.41. The number of nitrogens with one attached hydrogen (secondary N) is 2. The zero-order valence-electron chi connectivity index (χ0n) is 15.5. The van der Waals surface area contributed by atoms with Crippen LogP contribution in [0.15, 0.2) is 27.7 Å². The molecule has 26 heavy (non-hydrogen) atoms. The Kier molecular flexibility index (Phi) is 8.18. The van der Waals surface area contributed by atoms with Crippen LogP contribution in [0.4, 0.5) is 0 Å². The van der Waals surface area contributed by atoms with E-state index >= 15 is 0 Å². The molecule has 2 N–H and O–H groups in total. The summed E-state index contributed by atoms with van der Waals surface area (Å²) >= 11 is 3.47. The number of methoxy groups -OCH3 is 1. The first-order chi connectivity index (χ1) is 12.5. The first-order valence-electron chi connectivity index (χ1n) is 8.62. The van der Waals surface area contributed by atoms with Crippen molar-refractivity contribution in [1.82, 2.24) is 15.5 Å². The quantitative estimate of drug-likeness (QED) is 0.511. The molecule has 1 aliphatic heterocycles. The van der Waals surface area contributed by atoms with Crippen molar-refractivity contribution in [1.29, 1.82) is 0 Å². The number of carbonyl (C=O) groups excluding carboxylic acids is 1. The van der Waals surface area contributed by atoms with Gasteiger partial charge in [-0.15, -0.1) is 0 Å². The zero-order chi connectivity index (χ0) is 18.9. The van der Waals surface area contributed by atoms with E-state index in [2.05, 4.69) is 31.6 Å². The normalized spacial score (nSPS) is 17.1. The highest BCUT2D eigenvalue weighted by Gasteiger charge is 2.16. The molecule has 1 unspecified atom stereocenters. The largest absolute Gasteiger partial charge is 0.496 e. The summed E-state index contributed by atoms with van der Waals surface area (Å²) in [6.07, 6.45) is 1.04. The Balaban J connectivity index is 2.03. The van der Waals surface area contributed by atoms with Gasteiger partial charge in [0.25, 0.3) is 0 Å². The van der Waals surface area contributed by atoms with Crippen LogP contribution in [0, 0.1) is 5.92 Å². The molecule has 7 nitrogen and oxygen atoms in total. The standard InChI is InChI=1S/C18H27BrN4O3/c1-23(2)17(24)11-22-18(20-9-13-6-7-26-12-13)21-10-14-8-15(19)4-5-16(14)25-3/h4-5,8,13H,6-7,9-12H2,1-3H3,(H2,20,21,22). The molecule has 0 aliphatic carbocycles. The zero-order valence-corrected chi connectivity index (χ0v) is 17.1. The summed E-state index contributed by atoms with van der Waals surface area (Å²) in [5.74, 6) is 1.84. The Bertz CT molecular complexity index is 631. The van der Waals surface area contributed by atoms with Crippen LogP contribution in [-0.4, -0.2) is 64.3 Å². The molecule has 1 fully saturated rings. The van der Waals surface area contributed by atoms with E-state index in [0.29, 0.717) is 18.4 Å². The highest BCUT2D eigenvalue weighted by Crippen LogP contribution is 2.23. The number of halogens is 1. The molecule has 144 valence electrons. The maximum atomic E-state index is 11.9. The van der Waals surface area contributed by atoms with Crippen molar-refractivity contribution in [3.05, 3.63) is 28.2 Å². The molecule has 0 radical (unpaired) electrons. The minimum Gasteiger partial charge on any atom is -0.496 e. The number of nitrogens with zero attached hydrogens (tertiary/aromatic N) is 2. The fourth-order valence-electron chi connectivity index (χ4n) is 2.51. The van der Waals surface area contributed by atoms with Crippen molar-refractivity contribution < 1.29 is 14.3 Å². The molecule has 1 amide bonds. The lowest BCUT2D eigenvalue weighted by Crippen LogP contribution is -2.44. The van der Waals surface area contributed by atoms with Gasteiger partial charge in [-0.25, -0.2) is 4.99 Å². The Morgan fingerprint density at radius 1 is 1.42 bits per heavy atom. The lowest BCUT2D eigenvalue weighted by atomic mass is 10.1. The van der Waals surface area contributed by atoms with E-state index in [1.807, 2.05) is 18.2 Å². The van der Waals surface area contributed by atoms with E-state index in [4.69, 9.17) is 9.47 Å². The van der Waals surface area contributed by atoms with Crippen molar-refractivity contribution in [2.45, 2.75) is 13.0 Å². The molecule has 1 atom stereocenters. The summed E-state index contributed by atoms with van der Waals surface area (Å²) in [7, 11) is 5.11. The molecule has 8 heteroatoms. The summed E-state index contributed by atoms with van der Waals surface area (Å²) in [5.41, 5.74) is 0.964. The number of benzene rings is 1. The first kappa shape index (κ1) is 20.5. The van der Waals surface area contributed by atoms with E-state index in [9.17, 15) is 4.79 Å². The fourth-order valence-corrected chi connectivity index (χ4v) is 2.92. The Hall–Kier alpha value is -1.80. The number of hydrogen-bond donors (Lipinski definition) is 2. The van der Waals surface area contributed by atoms with Gasteiger partial charge in [-0.3, -0.25) is 4.79 Å². The molecule has 0 spiro atoms. The Morgan fingerprint density at radius 2 is 2.23 bits per heavy atom. The predicted molar refractivity (Wildman–Crippen MR) is 105 cm³/mol. The lowest BCUT2D eigenvalue weighted by Gasteiger charge is -2.17. The third-order valence-corrected chi connectivity index (χ3v) is 4.63. The second-order valence-corrected chi connectivity index (χ2v) is 7.29. The molecular weight excluding hydrogens is 400 g/mol. The molecular formula is C18H27BrN4O3. The van der Waals surface area contributed by atoms with Crippen LogP contribution in [0.3, 0.4) is 0 Å². The highest BCUT2D eigenvalue weighted by atomic mass is 79.9. The summed E-state index contributed by atoms with van der Waals surface area (Å²) in [5, 5.41) is 6.42. The second kappa shape index (κ2) is 10.4. The molecule has 1 aromatic rings. The molecule has 0 aromatic heterocycles. The molecule has 1 aromatic carbocycles. The number of guanidine groups is 1. The minimum absolute atomic E-state index is 0.0104. The van der Waals surface area contributed by atoms with Gasteiger partial charge < -0.3 is 25.0 Å². The van der Waals surface area contributed by atoms with Crippen LogP contribution in [0.2, 0.25) is 0 Å². The SMILES string of the molecule is COc1ccc(Br)cc1CN=C(NCC(=O)N(C)C)NCC1CCOC1. The van der Waals surface area contributed by atoms with Crippen molar-refractivity contribution in [2.24, 2.45) is 10.9 Å². The topological polar surface area (TPSA) is 75.2 Å². The Labute approximate surface area is 163 Å². The third-order valence-electron chi connectivity index (χ3n) is 4.14. The van der Waals surface area contributed by atoms with Gasteiger partial charge in [-0.05, 0) is 24.6 Å². The second-order valence-electron chi connectivity index (χ2n) is 6.37. The predicted octanol–water partition coefficient (Wildman–Crippen LogP) is 1.62. The molecule has 0 saturated carbocycles. The van der Waals surface area contributed by atoms with Gasteiger partial charge >= 0.3 is 0 Å². The van der Waals surface area contributed by atoms with Gasteiger partial charge in [-0.1, -0.05) is 15.9 Å². The lowest BCUT2D eigenvalue weighted by molar-refractivity contribution is -0.127. The van der Waals surface area contributed by atoms with Gasteiger partial charge in [0.1, 0.15) is 5.75 Å². The number of rotatable bonds is 7. The van der Waals surface area contributed by atoms with Gasteiger partial charge in [0.15, 0.2) is 5.96 Å². The average molecular weight is 427 g/mol. The maximum Gasteiger partial charge on any atom is 0.241 e. The summed E-state index contributed by atoms with van der Waals surface area (Å²) in [4.78, 5) is 18.0. The van der Waals surface area contributed by atoms with E-state index in [1.165, 1.54) is 0 Å². The number of carbonyl (C=O) groups is 1.